The second kappa shape index (κ2) is 7.84. The summed E-state index contributed by atoms with van der Waals surface area (Å²) in [6.07, 6.45) is 0. The van der Waals surface area contributed by atoms with Crippen LogP contribution in [0.4, 0.5) is 0 Å². The van der Waals surface area contributed by atoms with Crippen LogP contribution in [-0.4, -0.2) is 23.0 Å². The number of aliphatic hydroxyl groups excluding tert-OH is 1. The minimum atomic E-state index is -0.356. The molecular weight excluding hydrogens is 362 g/mol. The SMILES string of the molecule is COc1ccc(CN2C(=O)C(O)=C(c3ccccc3)[C@@H]2c2ccc(C)cc2)cc1. The van der Waals surface area contributed by atoms with Crippen molar-refractivity contribution < 1.29 is 14.6 Å². The third-order valence-corrected chi connectivity index (χ3v) is 5.29. The van der Waals surface area contributed by atoms with Crippen molar-refractivity contribution in [1.29, 1.82) is 0 Å². The Kier molecular flexibility index (Phi) is 5.09. The molecule has 1 aliphatic rings. The largest absolute Gasteiger partial charge is 0.503 e. The van der Waals surface area contributed by atoms with Crippen LogP contribution in [0.3, 0.4) is 0 Å². The van der Waals surface area contributed by atoms with Crippen molar-refractivity contribution in [3.8, 4) is 5.75 Å². The number of amides is 1. The summed E-state index contributed by atoms with van der Waals surface area (Å²) >= 11 is 0. The lowest BCUT2D eigenvalue weighted by molar-refractivity contribution is -0.130. The average Bonchev–Trinajstić information content (AvgIpc) is 3.00. The Hall–Kier alpha value is -3.53. The lowest BCUT2D eigenvalue weighted by atomic mass is 9.93. The van der Waals surface area contributed by atoms with Crippen LogP contribution in [0, 0.1) is 6.92 Å². The van der Waals surface area contributed by atoms with E-state index in [2.05, 4.69) is 0 Å². The molecule has 0 aliphatic carbocycles. The van der Waals surface area contributed by atoms with Crippen LogP contribution in [0.2, 0.25) is 0 Å². The predicted molar refractivity (Wildman–Crippen MR) is 113 cm³/mol. The number of aliphatic hydroxyl groups is 1. The van der Waals surface area contributed by atoms with E-state index in [1.54, 1.807) is 12.0 Å². The molecule has 1 amide bonds. The van der Waals surface area contributed by atoms with Gasteiger partial charge in [0.2, 0.25) is 0 Å². The molecule has 0 fully saturated rings. The van der Waals surface area contributed by atoms with E-state index in [-0.39, 0.29) is 17.7 Å². The number of rotatable bonds is 5. The highest BCUT2D eigenvalue weighted by molar-refractivity contribution is 6.05. The first-order chi connectivity index (χ1) is 14.1. The third kappa shape index (κ3) is 3.61. The standard InChI is InChI=1S/C25H23NO3/c1-17-8-12-20(13-9-17)23-22(19-6-4-3-5-7-19)24(27)25(28)26(23)16-18-10-14-21(29-2)15-11-18/h3-15,23,27H,16H2,1-2H3/t23-/m0/s1. The minimum absolute atomic E-state index is 0.185. The molecule has 0 bridgehead atoms. The number of hydrogen-bond acceptors (Lipinski definition) is 3. The normalized spacial score (nSPS) is 16.4. The Balaban J connectivity index is 1.77. The fourth-order valence-corrected chi connectivity index (χ4v) is 3.75. The molecule has 0 radical (unpaired) electrons. The molecule has 1 aliphatic heterocycles. The van der Waals surface area contributed by atoms with Crippen molar-refractivity contribution >= 4 is 11.5 Å². The Bertz CT molecular complexity index is 1040. The number of aryl methyl sites for hydroxylation is 1. The average molecular weight is 385 g/mol. The monoisotopic (exact) mass is 385 g/mol. The van der Waals surface area contributed by atoms with Crippen LogP contribution in [-0.2, 0) is 11.3 Å². The zero-order valence-electron chi connectivity index (χ0n) is 16.5. The predicted octanol–water partition coefficient (Wildman–Crippen LogP) is 5.06. The number of ether oxygens (including phenoxy) is 1. The number of benzene rings is 3. The Morgan fingerprint density at radius 2 is 1.59 bits per heavy atom. The van der Waals surface area contributed by atoms with Crippen LogP contribution in [0.15, 0.2) is 84.6 Å². The van der Waals surface area contributed by atoms with Crippen LogP contribution in [0.25, 0.3) is 5.57 Å². The fourth-order valence-electron chi connectivity index (χ4n) is 3.75. The van der Waals surface area contributed by atoms with E-state index in [0.29, 0.717) is 12.1 Å². The Labute approximate surface area is 170 Å². The maximum atomic E-state index is 13.1. The number of carbonyl (C=O) groups excluding carboxylic acids is 1. The van der Waals surface area contributed by atoms with E-state index in [1.165, 1.54) is 0 Å². The summed E-state index contributed by atoms with van der Waals surface area (Å²) in [5.41, 5.74) is 4.59. The molecule has 3 aromatic rings. The van der Waals surface area contributed by atoms with Crippen LogP contribution >= 0.6 is 0 Å². The molecule has 3 aromatic carbocycles. The molecule has 0 aromatic heterocycles. The first-order valence-corrected chi connectivity index (χ1v) is 9.57. The molecule has 4 nitrogen and oxygen atoms in total. The molecule has 1 atom stereocenters. The highest BCUT2D eigenvalue weighted by atomic mass is 16.5. The van der Waals surface area contributed by atoms with Crippen molar-refractivity contribution in [3.63, 3.8) is 0 Å². The van der Waals surface area contributed by atoms with Gasteiger partial charge in [0.25, 0.3) is 5.91 Å². The van der Waals surface area contributed by atoms with Crippen molar-refractivity contribution in [3.05, 3.63) is 107 Å². The van der Waals surface area contributed by atoms with Gasteiger partial charge in [-0.25, -0.2) is 0 Å². The summed E-state index contributed by atoms with van der Waals surface area (Å²) in [5.74, 6) is 0.225. The van der Waals surface area contributed by atoms with Gasteiger partial charge in [0.15, 0.2) is 5.76 Å². The highest BCUT2D eigenvalue weighted by Crippen LogP contribution is 2.43. The molecule has 146 valence electrons. The van der Waals surface area contributed by atoms with Crippen molar-refractivity contribution in [2.24, 2.45) is 0 Å². The maximum absolute atomic E-state index is 13.1. The fraction of sp³-hybridized carbons (Fsp3) is 0.160. The van der Waals surface area contributed by atoms with E-state index in [1.807, 2.05) is 85.8 Å². The lowest BCUT2D eigenvalue weighted by Gasteiger charge is -2.27. The van der Waals surface area contributed by atoms with Gasteiger partial charge >= 0.3 is 0 Å². The van der Waals surface area contributed by atoms with Crippen LogP contribution in [0.1, 0.15) is 28.3 Å². The molecule has 1 heterocycles. The van der Waals surface area contributed by atoms with Crippen molar-refractivity contribution in [2.45, 2.75) is 19.5 Å². The van der Waals surface area contributed by atoms with E-state index in [4.69, 9.17) is 4.74 Å². The van der Waals surface area contributed by atoms with Gasteiger partial charge in [-0.1, -0.05) is 72.3 Å². The van der Waals surface area contributed by atoms with Gasteiger partial charge in [-0.2, -0.15) is 0 Å². The van der Waals surface area contributed by atoms with Crippen molar-refractivity contribution in [2.75, 3.05) is 7.11 Å². The number of nitrogens with zero attached hydrogens (tertiary/aromatic N) is 1. The zero-order chi connectivity index (χ0) is 20.4. The molecule has 4 rings (SSSR count). The van der Waals surface area contributed by atoms with Gasteiger partial charge in [-0.3, -0.25) is 4.79 Å². The van der Waals surface area contributed by atoms with Gasteiger partial charge in [0, 0.05) is 12.1 Å². The maximum Gasteiger partial charge on any atom is 0.290 e. The van der Waals surface area contributed by atoms with Gasteiger partial charge in [0.1, 0.15) is 5.75 Å². The molecule has 4 heteroatoms. The summed E-state index contributed by atoms with van der Waals surface area (Å²) in [7, 11) is 1.63. The van der Waals surface area contributed by atoms with Crippen molar-refractivity contribution in [1.82, 2.24) is 4.90 Å². The summed E-state index contributed by atoms with van der Waals surface area (Å²) in [6, 6.07) is 25.0. The topological polar surface area (TPSA) is 49.8 Å². The first kappa shape index (κ1) is 18.8. The van der Waals surface area contributed by atoms with Crippen LogP contribution < -0.4 is 4.74 Å². The molecular formula is C25H23NO3. The number of hydrogen-bond donors (Lipinski definition) is 1. The summed E-state index contributed by atoms with van der Waals surface area (Å²) in [6.45, 7) is 2.42. The molecule has 0 saturated carbocycles. The smallest absolute Gasteiger partial charge is 0.290 e. The number of methoxy groups -OCH3 is 1. The van der Waals surface area contributed by atoms with E-state index < -0.39 is 0 Å². The van der Waals surface area contributed by atoms with Gasteiger partial charge in [-0.05, 0) is 35.7 Å². The molecule has 29 heavy (non-hydrogen) atoms. The zero-order valence-corrected chi connectivity index (χ0v) is 16.5. The lowest BCUT2D eigenvalue weighted by Crippen LogP contribution is -2.29. The van der Waals surface area contributed by atoms with E-state index >= 15 is 0 Å². The third-order valence-electron chi connectivity index (χ3n) is 5.29. The Morgan fingerprint density at radius 3 is 2.21 bits per heavy atom. The quantitative estimate of drug-likeness (QED) is 0.668. The van der Waals surface area contributed by atoms with Gasteiger partial charge in [-0.15, -0.1) is 0 Å². The highest BCUT2D eigenvalue weighted by Gasteiger charge is 2.40. The minimum Gasteiger partial charge on any atom is -0.503 e. The summed E-state index contributed by atoms with van der Waals surface area (Å²) < 4.78 is 5.23. The molecule has 0 saturated heterocycles. The molecule has 0 unspecified atom stereocenters. The second-order valence-electron chi connectivity index (χ2n) is 7.22. The first-order valence-electron chi connectivity index (χ1n) is 9.57. The number of carbonyl (C=O) groups is 1. The second-order valence-corrected chi connectivity index (χ2v) is 7.22. The van der Waals surface area contributed by atoms with E-state index in [0.717, 1.165) is 28.0 Å². The summed E-state index contributed by atoms with van der Waals surface area (Å²) in [5, 5.41) is 10.8. The van der Waals surface area contributed by atoms with Gasteiger partial charge in [0.05, 0.1) is 13.2 Å². The van der Waals surface area contributed by atoms with E-state index in [9.17, 15) is 9.90 Å². The summed E-state index contributed by atoms with van der Waals surface area (Å²) in [4.78, 5) is 14.8. The van der Waals surface area contributed by atoms with Crippen LogP contribution in [0.5, 0.6) is 5.75 Å². The molecule has 0 spiro atoms. The van der Waals surface area contributed by atoms with Gasteiger partial charge < -0.3 is 14.7 Å². The Morgan fingerprint density at radius 1 is 0.931 bits per heavy atom. The molecule has 1 N–H and O–H groups in total.